The SMILES string of the molecule is C=CC(=O)Oc1ccc(C(=O)Oc2ccc(CCCC(=O)c3ccc(OC(=O)C=C)c(OC(=O)C=C)c3)cc2/C=N/Nc2nc3ccccc3s2)cc1. The fraction of sp³-hybridized carbons (Fsp3) is 0.0750. The van der Waals surface area contributed by atoms with Crippen molar-refractivity contribution in [3.63, 3.8) is 0 Å². The molecule has 0 atom stereocenters. The van der Waals surface area contributed by atoms with Gasteiger partial charge in [0, 0.05) is 35.8 Å². The Labute approximate surface area is 307 Å². The van der Waals surface area contributed by atoms with E-state index in [1.165, 1.54) is 60.0 Å². The second-order valence-electron chi connectivity index (χ2n) is 11.0. The topological polar surface area (TPSA) is 160 Å². The van der Waals surface area contributed by atoms with Crippen molar-refractivity contribution in [2.75, 3.05) is 5.43 Å². The lowest BCUT2D eigenvalue weighted by molar-refractivity contribution is -0.131. The van der Waals surface area contributed by atoms with E-state index < -0.39 is 23.9 Å². The molecular formula is C40H31N3O9S. The lowest BCUT2D eigenvalue weighted by atomic mass is 10.0. The van der Waals surface area contributed by atoms with Crippen LogP contribution in [0.15, 0.2) is 128 Å². The number of hydrogen-bond donors (Lipinski definition) is 1. The van der Waals surface area contributed by atoms with Crippen LogP contribution in [-0.2, 0) is 20.8 Å². The standard InChI is InChI=1S/C40H31N3O9S/c1-4-36(45)49-29-18-15-26(16-19-29)39(48)52-32-20-14-25(22-28(32)24-41-43-40-42-30-11-7-8-13-35(30)53-40)10-9-12-31(44)27-17-21-33(50-37(46)5-2)34(23-27)51-38(47)6-3/h4-8,11,13-24H,1-3,9-10,12H2,(H,42,43)/b41-24+. The minimum absolute atomic E-state index is 0.0553. The molecule has 0 fully saturated rings. The van der Waals surface area contributed by atoms with E-state index in [1.54, 1.807) is 18.2 Å². The van der Waals surface area contributed by atoms with E-state index >= 15 is 0 Å². The second-order valence-corrected chi connectivity index (χ2v) is 12.0. The summed E-state index contributed by atoms with van der Waals surface area (Å²) in [5.74, 6) is -2.77. The van der Waals surface area contributed by atoms with Gasteiger partial charge in [-0.05, 0) is 85.1 Å². The average molecular weight is 730 g/mol. The first-order valence-electron chi connectivity index (χ1n) is 16.0. The third-order valence-electron chi connectivity index (χ3n) is 7.30. The van der Waals surface area contributed by atoms with Crippen molar-refractivity contribution in [3.05, 3.63) is 145 Å². The van der Waals surface area contributed by atoms with Crippen LogP contribution in [0.2, 0.25) is 0 Å². The number of aromatic nitrogens is 1. The van der Waals surface area contributed by atoms with Crippen LogP contribution >= 0.6 is 11.3 Å². The first-order valence-corrected chi connectivity index (χ1v) is 16.8. The number of aryl methyl sites for hydroxylation is 1. The number of Topliss-reactive ketones (excluding diaryl/α,β-unsaturated/α-hetero) is 1. The minimum atomic E-state index is -0.793. The number of carbonyl (C=O) groups is 5. The Balaban J connectivity index is 1.30. The van der Waals surface area contributed by atoms with Crippen molar-refractivity contribution in [1.82, 2.24) is 4.98 Å². The van der Waals surface area contributed by atoms with Crippen molar-refractivity contribution >= 4 is 62.6 Å². The van der Waals surface area contributed by atoms with Gasteiger partial charge < -0.3 is 18.9 Å². The van der Waals surface area contributed by atoms with E-state index in [1.807, 2.05) is 24.3 Å². The van der Waals surface area contributed by atoms with Crippen LogP contribution in [0.25, 0.3) is 10.2 Å². The van der Waals surface area contributed by atoms with Gasteiger partial charge in [0.05, 0.1) is 22.0 Å². The Kier molecular flexibility index (Phi) is 12.5. The summed E-state index contributed by atoms with van der Waals surface area (Å²) in [7, 11) is 0. The van der Waals surface area contributed by atoms with Crippen LogP contribution in [0.5, 0.6) is 23.0 Å². The normalized spacial score (nSPS) is 10.6. The summed E-state index contributed by atoms with van der Waals surface area (Å²) >= 11 is 1.43. The molecule has 0 saturated carbocycles. The number of nitrogens with one attached hydrogen (secondary N) is 1. The number of ketones is 1. The van der Waals surface area contributed by atoms with Crippen LogP contribution in [0.1, 0.15) is 44.7 Å². The van der Waals surface area contributed by atoms with Crippen LogP contribution in [0.4, 0.5) is 5.13 Å². The van der Waals surface area contributed by atoms with Gasteiger partial charge in [-0.25, -0.2) is 24.2 Å². The van der Waals surface area contributed by atoms with Crippen molar-refractivity contribution in [2.24, 2.45) is 5.10 Å². The molecule has 0 aliphatic carbocycles. The maximum absolute atomic E-state index is 13.1. The molecule has 12 nitrogen and oxygen atoms in total. The number of thiazole rings is 1. The number of carbonyl (C=O) groups excluding carboxylic acids is 5. The first kappa shape index (κ1) is 37.3. The molecule has 0 radical (unpaired) electrons. The molecular weight excluding hydrogens is 699 g/mol. The minimum Gasteiger partial charge on any atom is -0.423 e. The highest BCUT2D eigenvalue weighted by Crippen LogP contribution is 2.30. The third-order valence-corrected chi connectivity index (χ3v) is 8.24. The Morgan fingerprint density at radius 1 is 0.717 bits per heavy atom. The molecule has 1 N–H and O–H groups in total. The molecule has 0 unspecified atom stereocenters. The fourth-order valence-electron chi connectivity index (χ4n) is 4.74. The molecule has 0 saturated heterocycles. The molecule has 53 heavy (non-hydrogen) atoms. The highest BCUT2D eigenvalue weighted by Gasteiger charge is 2.17. The largest absolute Gasteiger partial charge is 0.423 e. The highest BCUT2D eigenvalue weighted by molar-refractivity contribution is 7.22. The molecule has 4 aromatic carbocycles. The van der Waals surface area contributed by atoms with Crippen LogP contribution in [0.3, 0.4) is 0 Å². The molecule has 0 aliphatic rings. The molecule has 5 rings (SSSR count). The Morgan fingerprint density at radius 2 is 1.38 bits per heavy atom. The van der Waals surface area contributed by atoms with E-state index in [4.69, 9.17) is 18.9 Å². The lowest BCUT2D eigenvalue weighted by Gasteiger charge is -2.11. The molecule has 5 aromatic rings. The van der Waals surface area contributed by atoms with Crippen molar-refractivity contribution in [3.8, 4) is 23.0 Å². The maximum atomic E-state index is 13.1. The van der Waals surface area contributed by atoms with E-state index in [-0.39, 0.29) is 46.3 Å². The zero-order valence-electron chi connectivity index (χ0n) is 28.1. The van der Waals surface area contributed by atoms with E-state index in [2.05, 4.69) is 35.2 Å². The smallest absolute Gasteiger partial charge is 0.343 e. The third kappa shape index (κ3) is 10.3. The predicted molar refractivity (Wildman–Crippen MR) is 200 cm³/mol. The summed E-state index contributed by atoms with van der Waals surface area (Å²) < 4.78 is 22.1. The summed E-state index contributed by atoms with van der Waals surface area (Å²) in [6, 6.07) is 22.9. The summed E-state index contributed by atoms with van der Waals surface area (Å²) in [5, 5.41) is 4.91. The summed E-state index contributed by atoms with van der Waals surface area (Å²) in [6.07, 6.45) is 5.49. The van der Waals surface area contributed by atoms with Gasteiger partial charge >= 0.3 is 23.9 Å². The van der Waals surface area contributed by atoms with E-state index in [9.17, 15) is 24.0 Å². The molecule has 1 aromatic heterocycles. The van der Waals surface area contributed by atoms with Crippen LogP contribution in [-0.4, -0.2) is 40.9 Å². The lowest BCUT2D eigenvalue weighted by Crippen LogP contribution is -2.11. The number of anilines is 1. The average Bonchev–Trinajstić information content (AvgIpc) is 3.59. The molecule has 13 heteroatoms. The number of rotatable bonds is 16. The molecule has 0 amide bonds. The molecule has 0 bridgehead atoms. The van der Waals surface area contributed by atoms with Crippen LogP contribution < -0.4 is 24.4 Å². The maximum Gasteiger partial charge on any atom is 0.343 e. The van der Waals surface area contributed by atoms with E-state index in [0.29, 0.717) is 23.5 Å². The summed E-state index contributed by atoms with van der Waals surface area (Å²) in [6.45, 7) is 10.1. The predicted octanol–water partition coefficient (Wildman–Crippen LogP) is 7.44. The van der Waals surface area contributed by atoms with Gasteiger partial charge in [0.2, 0.25) is 5.13 Å². The number of hydrogen-bond acceptors (Lipinski definition) is 13. The zero-order chi connectivity index (χ0) is 37.7. The van der Waals surface area contributed by atoms with Gasteiger partial charge in [-0.15, -0.1) is 0 Å². The van der Waals surface area contributed by atoms with Gasteiger partial charge in [0.1, 0.15) is 11.5 Å². The number of para-hydroxylation sites is 1. The summed E-state index contributed by atoms with van der Waals surface area (Å²) in [4.78, 5) is 65.8. The number of hydrazone groups is 1. The number of esters is 4. The molecule has 1 heterocycles. The number of nitrogens with zero attached hydrogens (tertiary/aromatic N) is 2. The molecule has 0 aliphatic heterocycles. The van der Waals surface area contributed by atoms with Gasteiger partial charge in [-0.2, -0.15) is 5.10 Å². The van der Waals surface area contributed by atoms with Crippen molar-refractivity contribution in [1.29, 1.82) is 0 Å². The second kappa shape index (κ2) is 17.8. The summed E-state index contributed by atoms with van der Waals surface area (Å²) in [5.41, 5.74) is 5.53. The molecule has 0 spiro atoms. The van der Waals surface area contributed by atoms with Crippen molar-refractivity contribution in [2.45, 2.75) is 19.3 Å². The van der Waals surface area contributed by atoms with Gasteiger partial charge in [0.25, 0.3) is 0 Å². The van der Waals surface area contributed by atoms with Gasteiger partial charge in [0.15, 0.2) is 17.3 Å². The first-order chi connectivity index (χ1) is 25.6. The van der Waals surface area contributed by atoms with Crippen LogP contribution in [0, 0.1) is 0 Å². The molecule has 266 valence electrons. The Hall–Kier alpha value is -6.99. The monoisotopic (exact) mass is 729 g/mol. The Bertz CT molecular complexity index is 2220. The fourth-order valence-corrected chi connectivity index (χ4v) is 5.56. The Morgan fingerprint density at radius 3 is 2.09 bits per heavy atom. The van der Waals surface area contributed by atoms with Gasteiger partial charge in [-0.3, -0.25) is 10.2 Å². The van der Waals surface area contributed by atoms with Gasteiger partial charge in [-0.1, -0.05) is 49.3 Å². The quantitative estimate of drug-likeness (QED) is 0.0269. The highest BCUT2D eigenvalue weighted by atomic mass is 32.1. The number of fused-ring (bicyclic) bond motifs is 1. The zero-order valence-corrected chi connectivity index (χ0v) is 28.9. The number of ether oxygens (including phenoxy) is 4. The van der Waals surface area contributed by atoms with Crippen molar-refractivity contribution < 1.29 is 42.9 Å². The van der Waals surface area contributed by atoms with E-state index in [0.717, 1.165) is 34.0 Å². The number of benzene rings is 4.